The summed E-state index contributed by atoms with van der Waals surface area (Å²) in [6.07, 6.45) is 1.40. The van der Waals surface area contributed by atoms with E-state index in [2.05, 4.69) is 10.4 Å². The number of anilines is 1. The van der Waals surface area contributed by atoms with Crippen molar-refractivity contribution in [2.75, 3.05) is 11.9 Å². The summed E-state index contributed by atoms with van der Waals surface area (Å²) in [6, 6.07) is 1.87. The van der Waals surface area contributed by atoms with Crippen LogP contribution < -0.4 is 10.9 Å². The molecule has 0 aromatic carbocycles. The van der Waals surface area contributed by atoms with Gasteiger partial charge in [0.25, 0.3) is 5.56 Å². The monoisotopic (exact) mass is 198 g/mol. The molecule has 0 unspecified atom stereocenters. The van der Waals surface area contributed by atoms with Crippen molar-refractivity contribution in [3.8, 4) is 6.07 Å². The van der Waals surface area contributed by atoms with Crippen molar-refractivity contribution in [2.45, 2.75) is 0 Å². The zero-order valence-electron chi connectivity index (χ0n) is 6.91. The van der Waals surface area contributed by atoms with Gasteiger partial charge in [-0.15, -0.1) is 0 Å². The Hall–Kier alpha value is -1.54. The van der Waals surface area contributed by atoms with Gasteiger partial charge >= 0.3 is 0 Å². The summed E-state index contributed by atoms with van der Waals surface area (Å²) in [6.45, 7) is 0.0918. The lowest BCUT2D eigenvalue weighted by atomic mass is 10.4. The predicted octanol–water partition coefficient (Wildman–Crippen LogP) is 0.369. The van der Waals surface area contributed by atoms with Crippen LogP contribution in [-0.2, 0) is 7.05 Å². The van der Waals surface area contributed by atoms with Crippen molar-refractivity contribution in [3.05, 3.63) is 21.6 Å². The van der Waals surface area contributed by atoms with Crippen LogP contribution >= 0.6 is 11.6 Å². The maximum absolute atomic E-state index is 11.2. The molecule has 0 aliphatic rings. The zero-order chi connectivity index (χ0) is 9.84. The minimum absolute atomic E-state index is 0.0488. The van der Waals surface area contributed by atoms with Gasteiger partial charge in [0.2, 0.25) is 0 Å². The molecule has 0 bridgehead atoms. The summed E-state index contributed by atoms with van der Waals surface area (Å²) >= 11 is 5.69. The second-order valence-electron chi connectivity index (χ2n) is 2.31. The molecular formula is C7H7ClN4O. The first-order valence-electron chi connectivity index (χ1n) is 3.49. The number of nitrogens with zero attached hydrogens (tertiary/aromatic N) is 3. The van der Waals surface area contributed by atoms with E-state index >= 15 is 0 Å². The van der Waals surface area contributed by atoms with E-state index in [-0.39, 0.29) is 17.1 Å². The average molecular weight is 199 g/mol. The molecule has 0 aliphatic heterocycles. The van der Waals surface area contributed by atoms with Gasteiger partial charge in [-0.2, -0.15) is 10.4 Å². The standard InChI is InChI=1S/C7H7ClN4O/c1-12-7(13)6(8)5(4-11-12)10-3-2-9/h4,10H,3H2,1H3. The molecule has 0 radical (unpaired) electrons. The minimum atomic E-state index is -0.385. The van der Waals surface area contributed by atoms with Crippen LogP contribution in [-0.4, -0.2) is 16.3 Å². The normalized spacial score (nSPS) is 9.31. The molecule has 1 rings (SSSR count). The van der Waals surface area contributed by atoms with Crippen LogP contribution in [0.15, 0.2) is 11.0 Å². The zero-order valence-corrected chi connectivity index (χ0v) is 7.67. The molecule has 0 amide bonds. The van der Waals surface area contributed by atoms with Crippen molar-refractivity contribution in [3.63, 3.8) is 0 Å². The topological polar surface area (TPSA) is 70.7 Å². The molecule has 0 fully saturated rings. The molecule has 0 saturated heterocycles. The van der Waals surface area contributed by atoms with E-state index in [9.17, 15) is 4.79 Å². The number of hydrogen-bond acceptors (Lipinski definition) is 4. The lowest BCUT2D eigenvalue weighted by molar-refractivity contribution is 0.708. The van der Waals surface area contributed by atoms with Crippen LogP contribution in [0.4, 0.5) is 5.69 Å². The molecule has 1 N–H and O–H groups in total. The Kier molecular flexibility index (Phi) is 2.88. The van der Waals surface area contributed by atoms with E-state index in [4.69, 9.17) is 16.9 Å². The minimum Gasteiger partial charge on any atom is -0.370 e. The van der Waals surface area contributed by atoms with Crippen LogP contribution in [0.5, 0.6) is 0 Å². The highest BCUT2D eigenvalue weighted by Gasteiger charge is 2.05. The SMILES string of the molecule is Cn1ncc(NCC#N)c(Cl)c1=O. The first-order valence-corrected chi connectivity index (χ1v) is 3.87. The van der Waals surface area contributed by atoms with Gasteiger partial charge in [-0.1, -0.05) is 11.6 Å². The number of hydrogen-bond donors (Lipinski definition) is 1. The number of nitrogens with one attached hydrogen (secondary N) is 1. The van der Waals surface area contributed by atoms with Crippen molar-refractivity contribution in [1.82, 2.24) is 9.78 Å². The fourth-order valence-corrected chi connectivity index (χ4v) is 1.01. The molecule has 5 nitrogen and oxygen atoms in total. The second kappa shape index (κ2) is 3.92. The van der Waals surface area contributed by atoms with Crippen molar-refractivity contribution < 1.29 is 0 Å². The molecular weight excluding hydrogens is 192 g/mol. The van der Waals surface area contributed by atoms with Crippen molar-refractivity contribution in [1.29, 1.82) is 5.26 Å². The van der Waals surface area contributed by atoms with E-state index in [1.54, 1.807) is 0 Å². The van der Waals surface area contributed by atoms with Crippen LogP contribution in [0.25, 0.3) is 0 Å². The third kappa shape index (κ3) is 1.98. The number of rotatable bonds is 2. The number of nitriles is 1. The third-order valence-electron chi connectivity index (χ3n) is 1.44. The molecule has 0 saturated carbocycles. The number of aryl methyl sites for hydroxylation is 1. The molecule has 0 aliphatic carbocycles. The quantitative estimate of drug-likeness (QED) is 0.697. The smallest absolute Gasteiger partial charge is 0.287 e. The summed E-state index contributed by atoms with van der Waals surface area (Å²) in [4.78, 5) is 11.2. The number of halogens is 1. The van der Waals surface area contributed by atoms with Crippen LogP contribution in [0, 0.1) is 11.3 Å². The van der Waals surface area contributed by atoms with E-state index in [0.29, 0.717) is 5.69 Å². The summed E-state index contributed by atoms with van der Waals surface area (Å²) in [7, 11) is 1.50. The predicted molar refractivity (Wildman–Crippen MR) is 48.6 cm³/mol. The fraction of sp³-hybridized carbons (Fsp3) is 0.286. The van der Waals surface area contributed by atoms with E-state index < -0.39 is 0 Å². The molecule has 0 spiro atoms. The highest BCUT2D eigenvalue weighted by atomic mass is 35.5. The van der Waals surface area contributed by atoms with Gasteiger partial charge in [0.15, 0.2) is 0 Å². The van der Waals surface area contributed by atoms with E-state index in [0.717, 1.165) is 4.68 Å². The number of aromatic nitrogens is 2. The van der Waals surface area contributed by atoms with Gasteiger partial charge in [0.05, 0.1) is 18.0 Å². The Balaban J connectivity index is 3.06. The average Bonchev–Trinajstić information content (AvgIpc) is 2.13. The first kappa shape index (κ1) is 9.55. The molecule has 68 valence electrons. The van der Waals surface area contributed by atoms with Crippen LogP contribution in [0.2, 0.25) is 5.02 Å². The summed E-state index contributed by atoms with van der Waals surface area (Å²) < 4.78 is 1.12. The Morgan fingerprint density at radius 1 is 1.85 bits per heavy atom. The summed E-state index contributed by atoms with van der Waals surface area (Å²) in [5, 5.41) is 14.7. The van der Waals surface area contributed by atoms with Gasteiger partial charge in [-0.05, 0) is 0 Å². The lowest BCUT2D eigenvalue weighted by Gasteiger charge is -2.03. The Labute approximate surface area is 79.6 Å². The molecule has 6 heteroatoms. The van der Waals surface area contributed by atoms with Gasteiger partial charge in [-0.3, -0.25) is 4.79 Å². The van der Waals surface area contributed by atoms with Gasteiger partial charge in [-0.25, -0.2) is 4.68 Å². The first-order chi connectivity index (χ1) is 6.16. The molecule has 13 heavy (non-hydrogen) atoms. The maximum atomic E-state index is 11.2. The Morgan fingerprint density at radius 3 is 3.15 bits per heavy atom. The van der Waals surface area contributed by atoms with Crippen LogP contribution in [0.3, 0.4) is 0 Å². The largest absolute Gasteiger partial charge is 0.370 e. The summed E-state index contributed by atoms with van der Waals surface area (Å²) in [5.74, 6) is 0. The Bertz CT molecular complexity index is 406. The lowest BCUT2D eigenvalue weighted by Crippen LogP contribution is -2.21. The molecule has 0 atom stereocenters. The van der Waals surface area contributed by atoms with E-state index in [1.165, 1.54) is 13.2 Å². The maximum Gasteiger partial charge on any atom is 0.287 e. The highest BCUT2D eigenvalue weighted by Crippen LogP contribution is 2.13. The molecule has 1 aromatic heterocycles. The van der Waals surface area contributed by atoms with Gasteiger partial charge in [0.1, 0.15) is 11.6 Å². The second-order valence-corrected chi connectivity index (χ2v) is 2.69. The van der Waals surface area contributed by atoms with Gasteiger partial charge in [0, 0.05) is 7.05 Å². The van der Waals surface area contributed by atoms with Crippen molar-refractivity contribution in [2.24, 2.45) is 7.05 Å². The Morgan fingerprint density at radius 2 is 2.54 bits per heavy atom. The fourth-order valence-electron chi connectivity index (χ4n) is 0.769. The van der Waals surface area contributed by atoms with E-state index in [1.807, 2.05) is 6.07 Å². The molecule has 1 heterocycles. The van der Waals surface area contributed by atoms with Crippen molar-refractivity contribution >= 4 is 17.3 Å². The summed E-state index contributed by atoms with van der Waals surface area (Å²) in [5.41, 5.74) is -0.00377. The highest BCUT2D eigenvalue weighted by molar-refractivity contribution is 6.32. The van der Waals surface area contributed by atoms with Gasteiger partial charge < -0.3 is 5.32 Å². The van der Waals surface area contributed by atoms with Crippen LogP contribution in [0.1, 0.15) is 0 Å². The molecule has 1 aromatic rings. The third-order valence-corrected chi connectivity index (χ3v) is 1.80.